The summed E-state index contributed by atoms with van der Waals surface area (Å²) in [4.78, 5) is 19.3. The van der Waals surface area contributed by atoms with Crippen LogP contribution in [0.25, 0.3) is 0 Å². The molecule has 3 rings (SSSR count). The summed E-state index contributed by atoms with van der Waals surface area (Å²) in [6.07, 6.45) is 0. The fourth-order valence-electron chi connectivity index (χ4n) is 3.99. The molecule has 0 bridgehead atoms. The van der Waals surface area contributed by atoms with Crippen LogP contribution in [0.4, 0.5) is 0 Å². The van der Waals surface area contributed by atoms with Crippen LogP contribution in [-0.4, -0.2) is 68.7 Å². The summed E-state index contributed by atoms with van der Waals surface area (Å²) in [7, 11) is 3.13. The predicted octanol–water partition coefficient (Wildman–Crippen LogP) is 3.26. The van der Waals surface area contributed by atoms with E-state index in [2.05, 4.69) is 46.5 Å². The van der Waals surface area contributed by atoms with Crippen LogP contribution >= 0.6 is 11.3 Å². The maximum atomic E-state index is 13.1. The number of nitrogens with one attached hydrogen (secondary N) is 1. The van der Waals surface area contributed by atoms with Crippen molar-refractivity contribution in [3.8, 4) is 11.5 Å². The zero-order valence-electron chi connectivity index (χ0n) is 17.7. The Morgan fingerprint density at radius 1 is 1.14 bits per heavy atom. The highest BCUT2D eigenvalue weighted by atomic mass is 32.1. The van der Waals surface area contributed by atoms with E-state index in [1.54, 1.807) is 37.7 Å². The molecule has 7 heteroatoms. The molecule has 1 amide bonds. The third-order valence-electron chi connectivity index (χ3n) is 5.56. The highest BCUT2D eigenvalue weighted by Crippen LogP contribution is 2.32. The smallest absolute Gasteiger partial charge is 0.255 e. The van der Waals surface area contributed by atoms with E-state index in [-0.39, 0.29) is 18.0 Å². The second-order valence-corrected chi connectivity index (χ2v) is 8.21. The number of methoxy groups -OCH3 is 2. The number of carbonyl (C=O) groups is 1. The predicted molar refractivity (Wildman–Crippen MR) is 117 cm³/mol. The number of thiophene rings is 1. The summed E-state index contributed by atoms with van der Waals surface area (Å²) in [5.41, 5.74) is 0.486. The lowest BCUT2D eigenvalue weighted by Gasteiger charge is -2.41. The highest BCUT2D eigenvalue weighted by molar-refractivity contribution is 7.10. The standard InChI is InChI=1S/C22H31N3O3S/c1-5-24-11-13-25(14-12-24)20(19-10-7-15-29-19)16(2)23-22(26)17-8-6-9-18(27-3)21(17)28-4/h6-10,15-16,20H,5,11-14H2,1-4H3,(H,23,26)/t16-,20+/m1/s1. The molecule has 0 aliphatic carbocycles. The number of hydrogen-bond acceptors (Lipinski definition) is 6. The van der Waals surface area contributed by atoms with Gasteiger partial charge < -0.3 is 19.7 Å². The van der Waals surface area contributed by atoms with Gasteiger partial charge in [-0.15, -0.1) is 11.3 Å². The Balaban J connectivity index is 1.79. The SMILES string of the molecule is CCN1CCN([C@H](c2cccs2)[C@@H](C)NC(=O)c2cccc(OC)c2OC)CC1. The molecule has 1 N–H and O–H groups in total. The third kappa shape index (κ3) is 4.91. The van der Waals surface area contributed by atoms with Crippen molar-refractivity contribution in [2.75, 3.05) is 46.9 Å². The Hall–Kier alpha value is -2.09. The molecule has 1 saturated heterocycles. The van der Waals surface area contributed by atoms with Crippen LogP contribution in [0, 0.1) is 0 Å². The molecule has 2 heterocycles. The van der Waals surface area contributed by atoms with E-state index in [0.29, 0.717) is 17.1 Å². The van der Waals surface area contributed by atoms with E-state index in [1.807, 2.05) is 6.07 Å². The average Bonchev–Trinajstić information content (AvgIpc) is 3.27. The number of ether oxygens (including phenoxy) is 2. The van der Waals surface area contributed by atoms with Crippen molar-refractivity contribution in [3.05, 3.63) is 46.2 Å². The number of hydrogen-bond donors (Lipinski definition) is 1. The van der Waals surface area contributed by atoms with Gasteiger partial charge in [-0.3, -0.25) is 9.69 Å². The number of likely N-dealkylation sites (N-methyl/N-ethyl adjacent to an activating group) is 1. The number of rotatable bonds is 8. The minimum Gasteiger partial charge on any atom is -0.493 e. The van der Waals surface area contributed by atoms with E-state index in [0.717, 1.165) is 32.7 Å². The molecule has 6 nitrogen and oxygen atoms in total. The van der Waals surface area contributed by atoms with Gasteiger partial charge >= 0.3 is 0 Å². The molecule has 1 fully saturated rings. The van der Waals surface area contributed by atoms with Gasteiger partial charge in [-0.05, 0) is 37.0 Å². The summed E-state index contributed by atoms with van der Waals surface area (Å²) < 4.78 is 10.8. The molecule has 2 aromatic rings. The van der Waals surface area contributed by atoms with Crippen LogP contribution in [0.2, 0.25) is 0 Å². The Kier molecular flexibility index (Phi) is 7.52. The van der Waals surface area contributed by atoms with Crippen molar-refractivity contribution in [1.29, 1.82) is 0 Å². The maximum absolute atomic E-state index is 13.1. The molecule has 0 saturated carbocycles. The van der Waals surface area contributed by atoms with Gasteiger partial charge in [0, 0.05) is 37.1 Å². The topological polar surface area (TPSA) is 54.0 Å². The van der Waals surface area contributed by atoms with Gasteiger partial charge in [0.1, 0.15) is 0 Å². The summed E-state index contributed by atoms with van der Waals surface area (Å²) in [5, 5.41) is 5.31. The zero-order chi connectivity index (χ0) is 20.8. The van der Waals surface area contributed by atoms with Gasteiger partial charge in [0.05, 0.1) is 25.8 Å². The van der Waals surface area contributed by atoms with Gasteiger partial charge in [0.25, 0.3) is 5.91 Å². The molecular formula is C22H31N3O3S. The molecule has 0 unspecified atom stereocenters. The van der Waals surface area contributed by atoms with E-state index >= 15 is 0 Å². The molecule has 0 radical (unpaired) electrons. The first-order valence-corrected chi connectivity index (χ1v) is 11.0. The van der Waals surface area contributed by atoms with Crippen LogP contribution in [0.3, 0.4) is 0 Å². The average molecular weight is 418 g/mol. The number of amides is 1. The van der Waals surface area contributed by atoms with E-state index in [1.165, 1.54) is 4.88 Å². The van der Waals surface area contributed by atoms with Crippen LogP contribution in [0.1, 0.15) is 35.1 Å². The lowest BCUT2D eigenvalue weighted by Crippen LogP contribution is -2.52. The molecule has 1 aliphatic rings. The van der Waals surface area contributed by atoms with E-state index < -0.39 is 0 Å². The highest BCUT2D eigenvalue weighted by Gasteiger charge is 2.31. The quantitative estimate of drug-likeness (QED) is 0.715. The fraction of sp³-hybridized carbons (Fsp3) is 0.500. The van der Waals surface area contributed by atoms with Crippen LogP contribution < -0.4 is 14.8 Å². The largest absolute Gasteiger partial charge is 0.493 e. The number of nitrogens with zero attached hydrogens (tertiary/aromatic N) is 2. The monoisotopic (exact) mass is 417 g/mol. The summed E-state index contributed by atoms with van der Waals surface area (Å²) >= 11 is 1.74. The Morgan fingerprint density at radius 2 is 1.90 bits per heavy atom. The number of piperazine rings is 1. The van der Waals surface area contributed by atoms with Crippen molar-refractivity contribution < 1.29 is 14.3 Å². The van der Waals surface area contributed by atoms with Gasteiger partial charge in [0.2, 0.25) is 0 Å². The minimum atomic E-state index is -0.151. The Morgan fingerprint density at radius 3 is 2.48 bits per heavy atom. The van der Waals surface area contributed by atoms with Crippen LogP contribution in [-0.2, 0) is 0 Å². The molecule has 29 heavy (non-hydrogen) atoms. The lowest BCUT2D eigenvalue weighted by atomic mass is 10.0. The van der Waals surface area contributed by atoms with Crippen molar-refractivity contribution >= 4 is 17.2 Å². The molecular weight excluding hydrogens is 386 g/mol. The first kappa shape index (κ1) is 21.6. The fourth-order valence-corrected chi connectivity index (χ4v) is 4.95. The van der Waals surface area contributed by atoms with E-state index in [4.69, 9.17) is 9.47 Å². The first-order valence-electron chi connectivity index (χ1n) is 10.1. The van der Waals surface area contributed by atoms with E-state index in [9.17, 15) is 4.79 Å². The number of para-hydroxylation sites is 1. The summed E-state index contributed by atoms with van der Waals surface area (Å²) in [5.74, 6) is 0.865. The van der Waals surface area contributed by atoms with Crippen molar-refractivity contribution in [2.45, 2.75) is 25.9 Å². The molecule has 1 aromatic carbocycles. The molecule has 0 spiro atoms. The normalized spacial score (nSPS) is 17.5. The molecule has 2 atom stereocenters. The van der Waals surface area contributed by atoms with Gasteiger partial charge in [-0.25, -0.2) is 0 Å². The van der Waals surface area contributed by atoms with Gasteiger partial charge in [-0.2, -0.15) is 0 Å². The first-order chi connectivity index (χ1) is 14.1. The zero-order valence-corrected chi connectivity index (χ0v) is 18.5. The molecule has 1 aliphatic heterocycles. The Labute approximate surface area is 177 Å². The van der Waals surface area contributed by atoms with Crippen molar-refractivity contribution in [1.82, 2.24) is 15.1 Å². The summed E-state index contributed by atoms with van der Waals surface area (Å²) in [6, 6.07) is 9.71. The maximum Gasteiger partial charge on any atom is 0.255 e. The minimum absolute atomic E-state index is 0.0507. The van der Waals surface area contributed by atoms with Crippen molar-refractivity contribution in [3.63, 3.8) is 0 Å². The molecule has 1 aromatic heterocycles. The lowest BCUT2D eigenvalue weighted by molar-refractivity contribution is 0.0752. The number of benzene rings is 1. The molecule has 158 valence electrons. The van der Waals surface area contributed by atoms with Crippen molar-refractivity contribution in [2.24, 2.45) is 0 Å². The van der Waals surface area contributed by atoms with Crippen LogP contribution in [0.5, 0.6) is 11.5 Å². The van der Waals surface area contributed by atoms with Crippen LogP contribution in [0.15, 0.2) is 35.7 Å². The second kappa shape index (κ2) is 10.1. The summed E-state index contributed by atoms with van der Waals surface area (Å²) in [6.45, 7) is 9.49. The van der Waals surface area contributed by atoms with Gasteiger partial charge in [-0.1, -0.05) is 19.1 Å². The second-order valence-electron chi connectivity index (χ2n) is 7.23. The third-order valence-corrected chi connectivity index (χ3v) is 6.51. The Bertz CT molecular complexity index is 789. The van der Waals surface area contributed by atoms with Gasteiger partial charge in [0.15, 0.2) is 11.5 Å². The number of carbonyl (C=O) groups excluding carboxylic acids is 1.